The first-order chi connectivity index (χ1) is 11.9. The number of hydrogen-bond donors (Lipinski definition) is 0. The van der Waals surface area contributed by atoms with Crippen LogP contribution in [0.25, 0.3) is 0 Å². The number of ether oxygens (including phenoxy) is 1. The second kappa shape index (κ2) is 8.70. The lowest BCUT2D eigenvalue weighted by Gasteiger charge is -2.05. The summed E-state index contributed by atoms with van der Waals surface area (Å²) in [5.74, 6) is 1.27. The van der Waals surface area contributed by atoms with Gasteiger partial charge in [-0.2, -0.15) is 0 Å². The Bertz CT molecular complexity index is 803. The maximum atomic E-state index is 5.89. The molecule has 3 aromatic rings. The van der Waals surface area contributed by atoms with E-state index in [4.69, 9.17) is 4.74 Å². The Morgan fingerprint density at radius 3 is 2.29 bits per heavy atom. The molecule has 0 unspecified atom stereocenters. The summed E-state index contributed by atoms with van der Waals surface area (Å²) in [6.45, 7) is 0. The summed E-state index contributed by atoms with van der Waals surface area (Å²) in [5, 5.41) is 2.85. The average Bonchev–Trinajstić information content (AvgIpc) is 2.64. The number of nitrogens with zero attached hydrogens (tertiary/aromatic N) is 2. The number of aliphatic imine (C=N–C) groups is 1. The predicted molar refractivity (Wildman–Crippen MR) is 99.8 cm³/mol. The fraction of sp³-hybridized carbons (Fsp3) is 0. The molecule has 0 bridgehead atoms. The Morgan fingerprint density at radius 1 is 0.875 bits per heavy atom. The maximum Gasteiger partial charge on any atom is 0.220 e. The largest absolute Gasteiger partial charge is 0.439 e. The van der Waals surface area contributed by atoms with Crippen molar-refractivity contribution in [2.45, 2.75) is 5.03 Å². The van der Waals surface area contributed by atoms with Gasteiger partial charge >= 0.3 is 0 Å². The number of hydrogen-bond acceptors (Lipinski definition) is 4. The quantitative estimate of drug-likeness (QED) is 0.352. The van der Waals surface area contributed by atoms with Gasteiger partial charge in [0.25, 0.3) is 0 Å². The Kier molecular flexibility index (Phi) is 5.81. The van der Waals surface area contributed by atoms with Crippen molar-refractivity contribution in [2.75, 3.05) is 0 Å². The molecule has 0 atom stereocenters. The van der Waals surface area contributed by atoms with Crippen LogP contribution in [0.4, 0.5) is 5.69 Å². The highest BCUT2D eigenvalue weighted by Crippen LogP contribution is 2.18. The Labute approximate surface area is 145 Å². The van der Waals surface area contributed by atoms with E-state index >= 15 is 0 Å². The van der Waals surface area contributed by atoms with Crippen molar-refractivity contribution < 1.29 is 4.74 Å². The molecule has 0 N–H and O–H groups in total. The van der Waals surface area contributed by atoms with E-state index in [0.717, 1.165) is 16.5 Å². The van der Waals surface area contributed by atoms with Gasteiger partial charge < -0.3 is 4.74 Å². The minimum absolute atomic E-state index is 0.524. The number of aromatic nitrogens is 1. The highest BCUT2D eigenvalue weighted by Gasteiger charge is 2.00. The van der Waals surface area contributed by atoms with Crippen LogP contribution in [-0.2, 0) is 0 Å². The summed E-state index contributed by atoms with van der Waals surface area (Å²) in [6, 6.07) is 25.2. The minimum Gasteiger partial charge on any atom is -0.439 e. The topological polar surface area (TPSA) is 34.5 Å². The van der Waals surface area contributed by atoms with Crippen LogP contribution < -0.4 is 4.74 Å². The van der Waals surface area contributed by atoms with E-state index in [9.17, 15) is 0 Å². The second-order valence-corrected chi connectivity index (χ2v) is 5.72. The van der Waals surface area contributed by atoms with Crippen LogP contribution in [-0.4, -0.2) is 10.9 Å². The standard InChI is InChI=1S/C20H16N2OS/c1-3-9-17(10-4-1)22-19(23-18-11-5-2-6-12-18)14-16-24-20-13-7-8-15-21-20/h1-16H. The molecule has 2 aromatic carbocycles. The van der Waals surface area contributed by atoms with Gasteiger partial charge in [0.1, 0.15) is 10.8 Å². The lowest BCUT2D eigenvalue weighted by molar-refractivity contribution is 0.556. The monoisotopic (exact) mass is 332 g/mol. The lowest BCUT2D eigenvalue weighted by Crippen LogP contribution is -2.04. The van der Waals surface area contributed by atoms with Crippen molar-refractivity contribution in [1.82, 2.24) is 4.98 Å². The zero-order valence-corrected chi connectivity index (χ0v) is 13.8. The average molecular weight is 332 g/mol. The van der Waals surface area contributed by atoms with Gasteiger partial charge in [-0.3, -0.25) is 0 Å². The van der Waals surface area contributed by atoms with Gasteiger partial charge in [-0.1, -0.05) is 54.2 Å². The molecule has 0 aliphatic carbocycles. The van der Waals surface area contributed by atoms with E-state index in [1.807, 2.05) is 90.3 Å². The van der Waals surface area contributed by atoms with Gasteiger partial charge in [0.05, 0.1) is 5.69 Å². The molecule has 0 amide bonds. The molecule has 0 saturated heterocycles. The molecule has 0 fully saturated rings. The first-order valence-corrected chi connectivity index (χ1v) is 8.39. The molecule has 4 heteroatoms. The minimum atomic E-state index is 0.524. The van der Waals surface area contributed by atoms with E-state index in [2.05, 4.69) is 9.98 Å². The first kappa shape index (κ1) is 16.0. The number of benzene rings is 2. The molecule has 0 aliphatic rings. The zero-order chi connectivity index (χ0) is 16.5. The predicted octanol–water partition coefficient (Wildman–Crippen LogP) is 5.50. The van der Waals surface area contributed by atoms with Gasteiger partial charge in [0, 0.05) is 12.3 Å². The molecule has 3 rings (SSSR count). The van der Waals surface area contributed by atoms with Crippen LogP contribution >= 0.6 is 11.8 Å². The van der Waals surface area contributed by atoms with Crippen LogP contribution in [0.3, 0.4) is 0 Å². The van der Waals surface area contributed by atoms with E-state index in [1.165, 1.54) is 11.8 Å². The summed E-state index contributed by atoms with van der Waals surface area (Å²) in [4.78, 5) is 8.83. The lowest BCUT2D eigenvalue weighted by atomic mass is 10.3. The van der Waals surface area contributed by atoms with E-state index < -0.39 is 0 Å². The molecule has 1 heterocycles. The third-order valence-electron chi connectivity index (χ3n) is 3.00. The van der Waals surface area contributed by atoms with Crippen LogP contribution in [0.1, 0.15) is 0 Å². The molecular formula is C20H16N2OS. The third kappa shape index (κ3) is 5.11. The molecule has 118 valence electrons. The summed E-state index contributed by atoms with van der Waals surface area (Å²) in [6.07, 6.45) is 3.62. The molecule has 0 aliphatic heterocycles. The highest BCUT2D eigenvalue weighted by molar-refractivity contribution is 8.02. The molecular weight excluding hydrogens is 316 g/mol. The fourth-order valence-electron chi connectivity index (χ4n) is 1.91. The highest BCUT2D eigenvalue weighted by atomic mass is 32.2. The second-order valence-electron chi connectivity index (χ2n) is 4.79. The molecule has 0 spiro atoms. The molecule has 0 saturated carbocycles. The van der Waals surface area contributed by atoms with Crippen molar-refractivity contribution >= 4 is 23.3 Å². The SMILES string of the molecule is C(=CC(=Nc1ccccc1)Oc1ccccc1)Sc1ccccn1. The molecule has 3 nitrogen and oxygen atoms in total. The van der Waals surface area contributed by atoms with Crippen molar-refractivity contribution in [1.29, 1.82) is 0 Å². The maximum absolute atomic E-state index is 5.89. The van der Waals surface area contributed by atoms with Gasteiger partial charge in [-0.05, 0) is 41.8 Å². The number of rotatable bonds is 5. The van der Waals surface area contributed by atoms with Gasteiger partial charge in [-0.25, -0.2) is 9.98 Å². The zero-order valence-electron chi connectivity index (χ0n) is 12.9. The van der Waals surface area contributed by atoms with Crippen molar-refractivity contribution in [3.05, 3.63) is 96.5 Å². The number of pyridine rings is 1. The summed E-state index contributed by atoms with van der Waals surface area (Å²) < 4.78 is 5.89. The van der Waals surface area contributed by atoms with Crippen molar-refractivity contribution in [3.63, 3.8) is 0 Å². The Balaban J connectivity index is 1.78. The normalized spacial score (nSPS) is 11.6. The molecule has 0 radical (unpaired) electrons. The van der Waals surface area contributed by atoms with E-state index in [-0.39, 0.29) is 0 Å². The van der Waals surface area contributed by atoms with Gasteiger partial charge in [0.2, 0.25) is 5.90 Å². The van der Waals surface area contributed by atoms with Gasteiger partial charge in [-0.15, -0.1) is 0 Å². The van der Waals surface area contributed by atoms with E-state index in [0.29, 0.717) is 5.90 Å². The summed E-state index contributed by atoms with van der Waals surface area (Å²) in [5.41, 5.74) is 0.843. The van der Waals surface area contributed by atoms with Gasteiger partial charge in [0.15, 0.2) is 0 Å². The summed E-state index contributed by atoms with van der Waals surface area (Å²) >= 11 is 1.52. The van der Waals surface area contributed by atoms with Crippen molar-refractivity contribution in [2.24, 2.45) is 4.99 Å². The van der Waals surface area contributed by atoms with Crippen molar-refractivity contribution in [3.8, 4) is 5.75 Å². The number of para-hydroxylation sites is 2. The van der Waals surface area contributed by atoms with Crippen LogP contribution in [0.2, 0.25) is 0 Å². The van der Waals surface area contributed by atoms with Crippen LogP contribution in [0.15, 0.2) is 107 Å². The first-order valence-electron chi connectivity index (χ1n) is 7.51. The Hall–Kier alpha value is -2.85. The smallest absolute Gasteiger partial charge is 0.220 e. The third-order valence-corrected chi connectivity index (χ3v) is 3.75. The fourth-order valence-corrected chi connectivity index (χ4v) is 2.51. The van der Waals surface area contributed by atoms with E-state index in [1.54, 1.807) is 6.20 Å². The number of thioether (sulfide) groups is 1. The summed E-state index contributed by atoms with van der Waals surface area (Å²) in [7, 11) is 0. The molecule has 24 heavy (non-hydrogen) atoms. The molecule has 1 aromatic heterocycles. The Morgan fingerprint density at radius 2 is 1.58 bits per heavy atom. The van der Waals surface area contributed by atoms with Crippen LogP contribution in [0.5, 0.6) is 5.75 Å². The van der Waals surface area contributed by atoms with Crippen LogP contribution in [0, 0.1) is 0 Å².